The van der Waals surface area contributed by atoms with E-state index in [1.54, 1.807) is 24.3 Å². The SMILES string of the molecule is O=Cc1ccc(OCCOCCOCCOCCOCCOCCOCCOCCCNC(=O)CCC(=O)O)cc1. The summed E-state index contributed by atoms with van der Waals surface area (Å²) in [7, 11) is 0. The lowest BCUT2D eigenvalue weighted by Crippen LogP contribution is -2.25. The van der Waals surface area contributed by atoms with Gasteiger partial charge in [0, 0.05) is 25.1 Å². The third kappa shape index (κ3) is 24.8. The van der Waals surface area contributed by atoms with Gasteiger partial charge in [-0.2, -0.15) is 0 Å². The highest BCUT2D eigenvalue weighted by Crippen LogP contribution is 2.10. The number of carboxylic acid groups (broad SMARTS) is 1. The number of hydrogen-bond donors (Lipinski definition) is 2. The van der Waals surface area contributed by atoms with Crippen molar-refractivity contribution in [2.45, 2.75) is 19.3 Å². The minimum atomic E-state index is -0.984. The van der Waals surface area contributed by atoms with Crippen LogP contribution in [0.3, 0.4) is 0 Å². The maximum atomic E-state index is 11.3. The van der Waals surface area contributed by atoms with Crippen LogP contribution >= 0.6 is 0 Å². The highest BCUT2D eigenvalue weighted by Gasteiger charge is 2.04. The summed E-state index contributed by atoms with van der Waals surface area (Å²) in [4.78, 5) is 32.3. The Morgan fingerprint density at radius 3 is 1.44 bits per heavy atom. The normalized spacial score (nSPS) is 10.9. The topological polar surface area (TPSA) is 157 Å². The van der Waals surface area contributed by atoms with E-state index in [-0.39, 0.29) is 18.7 Å². The molecular formula is C28H45NO12. The van der Waals surface area contributed by atoms with Gasteiger partial charge >= 0.3 is 5.97 Å². The summed E-state index contributed by atoms with van der Waals surface area (Å²) < 4.78 is 43.5. The van der Waals surface area contributed by atoms with E-state index in [1.807, 2.05) is 0 Å². The summed E-state index contributed by atoms with van der Waals surface area (Å²) in [5, 5.41) is 11.2. The molecule has 234 valence electrons. The molecule has 0 fully saturated rings. The predicted molar refractivity (Wildman–Crippen MR) is 148 cm³/mol. The Labute approximate surface area is 241 Å². The first kappa shape index (κ1) is 36.4. The molecule has 0 aliphatic heterocycles. The molecule has 1 aromatic carbocycles. The zero-order valence-electron chi connectivity index (χ0n) is 23.8. The van der Waals surface area contributed by atoms with E-state index in [0.29, 0.717) is 123 Å². The molecule has 0 aliphatic carbocycles. The summed E-state index contributed by atoms with van der Waals surface area (Å²) in [5.41, 5.74) is 0.611. The molecule has 0 aliphatic rings. The maximum absolute atomic E-state index is 11.3. The summed E-state index contributed by atoms with van der Waals surface area (Å²) >= 11 is 0. The third-order valence-corrected chi connectivity index (χ3v) is 5.10. The van der Waals surface area contributed by atoms with Crippen molar-refractivity contribution in [1.82, 2.24) is 5.32 Å². The Bertz CT molecular complexity index is 778. The van der Waals surface area contributed by atoms with E-state index >= 15 is 0 Å². The fourth-order valence-electron chi connectivity index (χ4n) is 2.99. The molecule has 41 heavy (non-hydrogen) atoms. The number of aldehydes is 1. The molecule has 0 bridgehead atoms. The second kappa shape index (κ2) is 27.5. The van der Waals surface area contributed by atoms with Crippen LogP contribution in [0.1, 0.15) is 29.6 Å². The fraction of sp³-hybridized carbons (Fsp3) is 0.679. The Morgan fingerprint density at radius 2 is 1.02 bits per heavy atom. The average Bonchev–Trinajstić information content (AvgIpc) is 2.98. The van der Waals surface area contributed by atoms with Gasteiger partial charge < -0.3 is 48.3 Å². The average molecular weight is 588 g/mol. The Morgan fingerprint density at radius 1 is 0.610 bits per heavy atom. The van der Waals surface area contributed by atoms with E-state index in [1.165, 1.54) is 0 Å². The van der Waals surface area contributed by atoms with Crippen molar-refractivity contribution in [3.63, 3.8) is 0 Å². The molecule has 0 saturated carbocycles. The van der Waals surface area contributed by atoms with Gasteiger partial charge in [-0.05, 0) is 30.7 Å². The number of hydrogen-bond acceptors (Lipinski definition) is 11. The number of carbonyl (C=O) groups excluding carboxylic acids is 2. The lowest BCUT2D eigenvalue weighted by Gasteiger charge is -2.09. The molecular weight excluding hydrogens is 542 g/mol. The van der Waals surface area contributed by atoms with Gasteiger partial charge in [-0.25, -0.2) is 0 Å². The predicted octanol–water partition coefficient (Wildman–Crippen LogP) is 1.37. The van der Waals surface area contributed by atoms with Gasteiger partial charge in [0.15, 0.2) is 0 Å². The number of amides is 1. The number of aliphatic carboxylic acids is 1. The molecule has 0 saturated heterocycles. The van der Waals surface area contributed by atoms with Crippen molar-refractivity contribution in [2.24, 2.45) is 0 Å². The molecule has 13 nitrogen and oxygen atoms in total. The van der Waals surface area contributed by atoms with Crippen molar-refractivity contribution in [2.75, 3.05) is 106 Å². The Hall–Kier alpha value is -2.65. The van der Waals surface area contributed by atoms with Crippen LogP contribution in [-0.4, -0.2) is 129 Å². The lowest BCUT2D eigenvalue weighted by molar-refractivity contribution is -0.138. The summed E-state index contributed by atoms with van der Waals surface area (Å²) in [5.74, 6) is -0.557. The molecule has 0 aromatic heterocycles. The zero-order chi connectivity index (χ0) is 29.6. The summed E-state index contributed by atoms with van der Waals surface area (Å²) in [6.45, 7) is 7.43. The third-order valence-electron chi connectivity index (χ3n) is 5.10. The summed E-state index contributed by atoms with van der Waals surface area (Å²) in [6, 6.07) is 6.90. The van der Waals surface area contributed by atoms with Gasteiger partial charge in [0.1, 0.15) is 18.6 Å². The van der Waals surface area contributed by atoms with Crippen LogP contribution in [0.5, 0.6) is 5.75 Å². The molecule has 0 radical (unpaired) electrons. The zero-order valence-corrected chi connectivity index (χ0v) is 23.8. The standard InChI is InChI=1S/C28H45NO12/c30-24-25-2-4-26(5-3-25)41-23-22-40-21-20-39-19-18-38-17-16-37-15-14-36-13-12-35-11-10-34-9-1-8-29-27(31)6-7-28(32)33/h2-5,24H,1,6-23H2,(H,29,31)(H,32,33). The van der Waals surface area contributed by atoms with Gasteiger partial charge in [0.2, 0.25) is 5.91 Å². The van der Waals surface area contributed by atoms with E-state index < -0.39 is 5.97 Å². The quantitative estimate of drug-likeness (QED) is 0.0985. The number of rotatable bonds is 30. The van der Waals surface area contributed by atoms with Crippen LogP contribution in [0.2, 0.25) is 0 Å². The van der Waals surface area contributed by atoms with Crippen LogP contribution < -0.4 is 10.1 Å². The van der Waals surface area contributed by atoms with Crippen molar-refractivity contribution in [3.8, 4) is 5.75 Å². The monoisotopic (exact) mass is 587 g/mol. The number of ether oxygens (including phenoxy) is 8. The van der Waals surface area contributed by atoms with Gasteiger partial charge in [0.25, 0.3) is 0 Å². The first-order valence-electron chi connectivity index (χ1n) is 13.8. The number of carbonyl (C=O) groups is 3. The second-order valence-electron chi connectivity index (χ2n) is 8.42. The number of nitrogens with one attached hydrogen (secondary N) is 1. The van der Waals surface area contributed by atoms with Gasteiger partial charge in [-0.3, -0.25) is 14.4 Å². The molecule has 0 heterocycles. The van der Waals surface area contributed by atoms with Gasteiger partial charge in [-0.1, -0.05) is 0 Å². The van der Waals surface area contributed by atoms with Crippen molar-refractivity contribution in [1.29, 1.82) is 0 Å². The van der Waals surface area contributed by atoms with Crippen LogP contribution in [-0.2, 0) is 42.7 Å². The van der Waals surface area contributed by atoms with Crippen LogP contribution in [0.4, 0.5) is 0 Å². The van der Waals surface area contributed by atoms with Crippen LogP contribution in [0.25, 0.3) is 0 Å². The molecule has 0 atom stereocenters. The Balaban J connectivity index is 1.68. The summed E-state index contributed by atoms with van der Waals surface area (Å²) in [6.07, 6.45) is 1.26. The number of benzene rings is 1. The van der Waals surface area contributed by atoms with Crippen molar-refractivity contribution >= 4 is 18.2 Å². The lowest BCUT2D eigenvalue weighted by atomic mass is 10.2. The molecule has 1 rings (SSSR count). The first-order valence-corrected chi connectivity index (χ1v) is 13.8. The molecule has 13 heteroatoms. The smallest absolute Gasteiger partial charge is 0.303 e. The van der Waals surface area contributed by atoms with E-state index in [4.69, 9.17) is 43.0 Å². The first-order chi connectivity index (χ1) is 20.1. The van der Waals surface area contributed by atoms with E-state index in [9.17, 15) is 14.4 Å². The van der Waals surface area contributed by atoms with E-state index in [2.05, 4.69) is 5.32 Å². The van der Waals surface area contributed by atoms with Gasteiger partial charge in [0.05, 0.1) is 92.3 Å². The second-order valence-corrected chi connectivity index (χ2v) is 8.42. The molecule has 0 unspecified atom stereocenters. The maximum Gasteiger partial charge on any atom is 0.303 e. The minimum absolute atomic E-state index is 0.0110. The highest BCUT2D eigenvalue weighted by molar-refractivity contribution is 5.80. The molecule has 2 N–H and O–H groups in total. The molecule has 1 aromatic rings. The van der Waals surface area contributed by atoms with Crippen LogP contribution in [0, 0.1) is 0 Å². The fourth-order valence-corrected chi connectivity index (χ4v) is 2.99. The van der Waals surface area contributed by atoms with Crippen molar-refractivity contribution < 1.29 is 57.4 Å². The molecule has 0 spiro atoms. The highest BCUT2D eigenvalue weighted by atomic mass is 16.6. The van der Waals surface area contributed by atoms with Crippen molar-refractivity contribution in [3.05, 3.63) is 29.8 Å². The number of carboxylic acids is 1. The van der Waals surface area contributed by atoms with Crippen LogP contribution in [0.15, 0.2) is 24.3 Å². The molecule has 1 amide bonds. The largest absolute Gasteiger partial charge is 0.491 e. The van der Waals surface area contributed by atoms with Gasteiger partial charge in [-0.15, -0.1) is 0 Å². The van der Waals surface area contributed by atoms with E-state index in [0.717, 1.165) is 6.29 Å². The Kier molecular flexibility index (Phi) is 24.4. The minimum Gasteiger partial charge on any atom is -0.491 e.